The summed E-state index contributed by atoms with van der Waals surface area (Å²) < 4.78 is 6.88. The van der Waals surface area contributed by atoms with Crippen LogP contribution >= 0.6 is 11.3 Å². The molecule has 0 amide bonds. The molecule has 0 bridgehead atoms. The van der Waals surface area contributed by atoms with Gasteiger partial charge in [0, 0.05) is 16.1 Å². The van der Waals surface area contributed by atoms with Crippen LogP contribution in [0.4, 0.5) is 0 Å². The number of rotatable bonds is 6. The summed E-state index contributed by atoms with van der Waals surface area (Å²) in [5.41, 5.74) is 0.959. The lowest BCUT2D eigenvalue weighted by Gasteiger charge is -2.08. The van der Waals surface area contributed by atoms with Crippen LogP contribution in [-0.4, -0.2) is 37.3 Å². The molecule has 1 heterocycles. The zero-order valence-electron chi connectivity index (χ0n) is 10.8. The highest BCUT2D eigenvalue weighted by Gasteiger charge is 2.03. The number of likely N-dealkylation sites (N-methyl/N-ethyl adjacent to an activating group) is 1. The highest BCUT2D eigenvalue weighted by atomic mass is 32.1. The van der Waals surface area contributed by atoms with Crippen molar-refractivity contribution in [2.45, 2.75) is 13.2 Å². The monoisotopic (exact) mass is 265 g/mol. The Balaban J connectivity index is 1.97. The minimum Gasteiger partial charge on any atom is -0.392 e. The molecule has 1 aromatic carbocycles. The zero-order chi connectivity index (χ0) is 13.0. The zero-order valence-corrected chi connectivity index (χ0v) is 11.7. The number of hydrogen-bond donors (Lipinski definition) is 1. The van der Waals surface area contributed by atoms with Gasteiger partial charge in [0.1, 0.15) is 0 Å². The van der Waals surface area contributed by atoms with E-state index in [1.807, 2.05) is 26.2 Å². The summed E-state index contributed by atoms with van der Waals surface area (Å²) in [6.45, 7) is 2.46. The van der Waals surface area contributed by atoms with E-state index in [2.05, 4.69) is 17.0 Å². The molecule has 18 heavy (non-hydrogen) atoms. The van der Waals surface area contributed by atoms with Crippen LogP contribution in [0.5, 0.6) is 0 Å². The molecule has 2 rings (SSSR count). The fourth-order valence-corrected chi connectivity index (χ4v) is 2.72. The minimum absolute atomic E-state index is 0.0977. The second kappa shape index (κ2) is 6.29. The van der Waals surface area contributed by atoms with Crippen LogP contribution in [0.15, 0.2) is 24.3 Å². The molecule has 0 saturated heterocycles. The van der Waals surface area contributed by atoms with Crippen molar-refractivity contribution in [3.8, 4) is 0 Å². The standard InChI is InChI=1S/C14H19NO2S/c1-15(2)5-6-17-10-13-8-12-7-11(9-16)3-4-14(12)18-13/h3-4,7-8,16H,5-6,9-10H2,1-2H3. The molecule has 0 saturated carbocycles. The van der Waals surface area contributed by atoms with Gasteiger partial charge in [0.05, 0.1) is 19.8 Å². The SMILES string of the molecule is CN(C)CCOCc1cc2cc(CO)ccc2s1. The van der Waals surface area contributed by atoms with E-state index >= 15 is 0 Å². The number of benzene rings is 1. The van der Waals surface area contributed by atoms with Gasteiger partial charge in [-0.2, -0.15) is 0 Å². The number of fused-ring (bicyclic) bond motifs is 1. The summed E-state index contributed by atoms with van der Waals surface area (Å²) in [6.07, 6.45) is 0. The molecular weight excluding hydrogens is 246 g/mol. The van der Waals surface area contributed by atoms with Crippen molar-refractivity contribution >= 4 is 21.4 Å². The summed E-state index contributed by atoms with van der Waals surface area (Å²) in [5.74, 6) is 0. The average Bonchev–Trinajstić information content (AvgIpc) is 2.75. The van der Waals surface area contributed by atoms with Crippen LogP contribution in [0, 0.1) is 0 Å². The summed E-state index contributed by atoms with van der Waals surface area (Å²) in [7, 11) is 4.08. The van der Waals surface area contributed by atoms with E-state index in [0.717, 1.165) is 18.7 Å². The summed E-state index contributed by atoms with van der Waals surface area (Å²) in [5, 5.41) is 10.3. The Morgan fingerprint density at radius 3 is 2.83 bits per heavy atom. The van der Waals surface area contributed by atoms with Crippen molar-refractivity contribution in [3.05, 3.63) is 34.7 Å². The number of aliphatic hydroxyl groups is 1. The molecule has 0 aliphatic carbocycles. The van der Waals surface area contributed by atoms with Gasteiger partial charge in [0.25, 0.3) is 0 Å². The van der Waals surface area contributed by atoms with E-state index in [-0.39, 0.29) is 6.61 Å². The van der Waals surface area contributed by atoms with E-state index in [1.54, 1.807) is 11.3 Å². The van der Waals surface area contributed by atoms with Crippen LogP contribution < -0.4 is 0 Å². The van der Waals surface area contributed by atoms with Gasteiger partial charge in [-0.15, -0.1) is 11.3 Å². The Kier molecular flexibility index (Phi) is 4.72. The van der Waals surface area contributed by atoms with Crippen LogP contribution in [-0.2, 0) is 18.0 Å². The summed E-state index contributed by atoms with van der Waals surface area (Å²) >= 11 is 1.76. The van der Waals surface area contributed by atoms with Crippen molar-refractivity contribution in [1.82, 2.24) is 4.90 Å². The Morgan fingerprint density at radius 1 is 1.28 bits per heavy atom. The van der Waals surface area contributed by atoms with Crippen LogP contribution in [0.2, 0.25) is 0 Å². The topological polar surface area (TPSA) is 32.7 Å². The molecule has 0 aliphatic rings. The van der Waals surface area contributed by atoms with E-state index in [9.17, 15) is 0 Å². The molecule has 0 aliphatic heterocycles. The first-order chi connectivity index (χ1) is 8.69. The normalized spacial score (nSPS) is 11.6. The second-order valence-corrected chi connectivity index (χ2v) is 5.77. The number of thiophene rings is 1. The number of nitrogens with zero attached hydrogens (tertiary/aromatic N) is 1. The van der Waals surface area contributed by atoms with Gasteiger partial charge < -0.3 is 14.7 Å². The van der Waals surface area contributed by atoms with Gasteiger partial charge in [0.15, 0.2) is 0 Å². The Labute approximate surface area is 112 Å². The third kappa shape index (κ3) is 3.53. The van der Waals surface area contributed by atoms with E-state index in [0.29, 0.717) is 6.61 Å². The van der Waals surface area contributed by atoms with Gasteiger partial charge in [-0.3, -0.25) is 0 Å². The third-order valence-corrected chi connectivity index (χ3v) is 3.83. The highest BCUT2D eigenvalue weighted by molar-refractivity contribution is 7.19. The third-order valence-electron chi connectivity index (χ3n) is 2.74. The van der Waals surface area contributed by atoms with Crippen LogP contribution in [0.25, 0.3) is 10.1 Å². The Morgan fingerprint density at radius 2 is 2.11 bits per heavy atom. The lowest BCUT2D eigenvalue weighted by atomic mass is 10.2. The van der Waals surface area contributed by atoms with Crippen molar-refractivity contribution in [3.63, 3.8) is 0 Å². The first kappa shape index (κ1) is 13.5. The van der Waals surface area contributed by atoms with Crippen LogP contribution in [0.1, 0.15) is 10.4 Å². The first-order valence-corrected chi connectivity index (χ1v) is 6.85. The van der Waals surface area contributed by atoms with Crippen molar-refractivity contribution in [2.75, 3.05) is 27.2 Å². The molecular formula is C14H19NO2S. The quantitative estimate of drug-likeness (QED) is 0.814. The molecule has 0 radical (unpaired) electrons. The number of aliphatic hydroxyl groups excluding tert-OH is 1. The predicted octanol–water partition coefficient (Wildman–Crippen LogP) is 2.47. The Hall–Kier alpha value is -0.940. The van der Waals surface area contributed by atoms with Crippen molar-refractivity contribution in [2.24, 2.45) is 0 Å². The van der Waals surface area contributed by atoms with Gasteiger partial charge in [-0.05, 0) is 43.2 Å². The lowest BCUT2D eigenvalue weighted by Crippen LogP contribution is -2.17. The van der Waals surface area contributed by atoms with Crippen molar-refractivity contribution in [1.29, 1.82) is 0 Å². The number of hydrogen-bond acceptors (Lipinski definition) is 4. The fraction of sp³-hybridized carbons (Fsp3) is 0.429. The molecule has 1 N–H and O–H groups in total. The van der Waals surface area contributed by atoms with E-state index in [1.165, 1.54) is 15.0 Å². The maximum absolute atomic E-state index is 9.10. The molecule has 0 fully saturated rings. The van der Waals surface area contributed by atoms with E-state index < -0.39 is 0 Å². The predicted molar refractivity (Wildman–Crippen MR) is 76.0 cm³/mol. The lowest BCUT2D eigenvalue weighted by molar-refractivity contribution is 0.107. The minimum atomic E-state index is 0.0977. The smallest absolute Gasteiger partial charge is 0.0810 e. The van der Waals surface area contributed by atoms with Gasteiger partial charge in [-0.1, -0.05) is 6.07 Å². The molecule has 0 unspecified atom stereocenters. The second-order valence-electron chi connectivity index (χ2n) is 4.60. The van der Waals surface area contributed by atoms with Gasteiger partial charge >= 0.3 is 0 Å². The first-order valence-electron chi connectivity index (χ1n) is 6.03. The molecule has 0 atom stereocenters. The maximum Gasteiger partial charge on any atom is 0.0810 e. The van der Waals surface area contributed by atoms with Gasteiger partial charge in [0.2, 0.25) is 0 Å². The summed E-state index contributed by atoms with van der Waals surface area (Å²) in [6, 6.07) is 8.22. The summed E-state index contributed by atoms with van der Waals surface area (Å²) in [4.78, 5) is 3.34. The van der Waals surface area contributed by atoms with Crippen molar-refractivity contribution < 1.29 is 9.84 Å². The van der Waals surface area contributed by atoms with Gasteiger partial charge in [-0.25, -0.2) is 0 Å². The molecule has 2 aromatic rings. The molecule has 98 valence electrons. The highest BCUT2D eigenvalue weighted by Crippen LogP contribution is 2.27. The van der Waals surface area contributed by atoms with E-state index in [4.69, 9.17) is 9.84 Å². The largest absolute Gasteiger partial charge is 0.392 e. The maximum atomic E-state index is 9.10. The average molecular weight is 265 g/mol. The van der Waals surface area contributed by atoms with Crippen LogP contribution in [0.3, 0.4) is 0 Å². The molecule has 3 nitrogen and oxygen atoms in total. The molecule has 4 heteroatoms. The Bertz CT molecular complexity index is 507. The molecule has 1 aromatic heterocycles. The number of ether oxygens (including phenoxy) is 1. The molecule has 0 spiro atoms. The fourth-order valence-electron chi connectivity index (χ4n) is 1.74.